The summed E-state index contributed by atoms with van der Waals surface area (Å²) in [6, 6.07) is 0. The van der Waals surface area contributed by atoms with Gasteiger partial charge in [0.25, 0.3) is 11.8 Å². The van der Waals surface area contributed by atoms with Crippen molar-refractivity contribution in [3.05, 3.63) is 0 Å². The maximum Gasteiger partial charge on any atom is 0.258 e. The molecule has 5 heteroatoms. The molecule has 18 heavy (non-hydrogen) atoms. The third kappa shape index (κ3) is 2.17. The Morgan fingerprint density at radius 1 is 1.06 bits per heavy atom. The first-order valence-corrected chi connectivity index (χ1v) is 6.97. The quantitative estimate of drug-likeness (QED) is 0.734. The van der Waals surface area contributed by atoms with Gasteiger partial charge in [0, 0.05) is 6.54 Å². The van der Waals surface area contributed by atoms with Crippen LogP contribution in [0, 0.1) is 5.92 Å². The van der Waals surface area contributed by atoms with Crippen LogP contribution in [0.3, 0.4) is 0 Å². The van der Waals surface area contributed by atoms with E-state index in [2.05, 4.69) is 5.32 Å². The highest BCUT2D eigenvalue weighted by Crippen LogP contribution is 2.29. The van der Waals surface area contributed by atoms with Gasteiger partial charge < -0.3 is 10.1 Å². The Morgan fingerprint density at radius 3 is 2.28 bits per heavy atom. The molecule has 1 N–H and O–H groups in total. The van der Waals surface area contributed by atoms with Crippen LogP contribution >= 0.6 is 0 Å². The minimum Gasteiger partial charge on any atom is -0.355 e. The third-order valence-electron chi connectivity index (χ3n) is 4.32. The van der Waals surface area contributed by atoms with E-state index in [0.717, 1.165) is 32.4 Å². The van der Waals surface area contributed by atoms with Crippen LogP contribution in [0.4, 0.5) is 0 Å². The van der Waals surface area contributed by atoms with Crippen molar-refractivity contribution in [2.45, 2.75) is 44.3 Å². The van der Waals surface area contributed by atoms with Crippen molar-refractivity contribution < 1.29 is 14.3 Å². The summed E-state index contributed by atoms with van der Waals surface area (Å²) >= 11 is 0. The van der Waals surface area contributed by atoms with Crippen molar-refractivity contribution in [1.29, 1.82) is 0 Å². The molecule has 0 saturated carbocycles. The summed E-state index contributed by atoms with van der Waals surface area (Å²) in [4.78, 5) is 25.5. The molecule has 3 rings (SSSR count). The number of carbonyl (C=O) groups is 2. The number of nitrogens with zero attached hydrogens (tertiary/aromatic N) is 1. The average molecular weight is 252 g/mol. The molecular weight excluding hydrogens is 232 g/mol. The lowest BCUT2D eigenvalue weighted by molar-refractivity contribution is -0.168. The second-order valence-electron chi connectivity index (χ2n) is 5.50. The molecule has 2 amide bonds. The minimum atomic E-state index is -0.347. The lowest BCUT2D eigenvalue weighted by Crippen LogP contribution is -2.52. The zero-order valence-corrected chi connectivity index (χ0v) is 10.6. The number of nitrogens with one attached hydrogen (secondary N) is 1. The maximum absolute atomic E-state index is 12.0. The van der Waals surface area contributed by atoms with Gasteiger partial charge in [-0.05, 0) is 51.1 Å². The summed E-state index contributed by atoms with van der Waals surface area (Å²) in [5, 5.41) is 3.33. The molecule has 0 spiro atoms. The number of hydrogen-bond acceptors (Lipinski definition) is 4. The van der Waals surface area contributed by atoms with Crippen LogP contribution in [-0.4, -0.2) is 48.6 Å². The lowest BCUT2D eigenvalue weighted by atomic mass is 9.94. The van der Waals surface area contributed by atoms with Gasteiger partial charge in [0.1, 0.15) is 12.2 Å². The molecule has 0 aliphatic carbocycles. The van der Waals surface area contributed by atoms with Crippen molar-refractivity contribution in [1.82, 2.24) is 10.2 Å². The average Bonchev–Trinajstić information content (AvgIpc) is 2.85. The van der Waals surface area contributed by atoms with Gasteiger partial charge in [0.2, 0.25) is 0 Å². The molecule has 3 fully saturated rings. The first-order chi connectivity index (χ1) is 8.75. The first-order valence-electron chi connectivity index (χ1n) is 6.97. The Hall–Kier alpha value is -0.940. The van der Waals surface area contributed by atoms with Crippen LogP contribution < -0.4 is 5.32 Å². The Labute approximate surface area is 107 Å². The van der Waals surface area contributed by atoms with Crippen molar-refractivity contribution in [3.8, 4) is 0 Å². The highest BCUT2D eigenvalue weighted by molar-refractivity contribution is 6.02. The molecule has 5 nitrogen and oxygen atoms in total. The van der Waals surface area contributed by atoms with Gasteiger partial charge in [0.05, 0.1) is 0 Å². The van der Waals surface area contributed by atoms with Crippen LogP contribution in [0.25, 0.3) is 0 Å². The normalized spacial score (nSPS) is 33.2. The SMILES string of the molecule is O=C1C2CCC(O2)C(=O)N1CCC1CCNCC1. The van der Waals surface area contributed by atoms with E-state index in [-0.39, 0.29) is 24.0 Å². The largest absolute Gasteiger partial charge is 0.355 e. The van der Waals surface area contributed by atoms with Gasteiger partial charge in [0.15, 0.2) is 0 Å². The molecule has 3 aliphatic rings. The highest BCUT2D eigenvalue weighted by atomic mass is 16.5. The number of amides is 2. The summed E-state index contributed by atoms with van der Waals surface area (Å²) in [5.41, 5.74) is 0. The van der Waals surface area contributed by atoms with E-state index in [1.54, 1.807) is 0 Å². The summed E-state index contributed by atoms with van der Waals surface area (Å²) in [6.07, 6.45) is 3.97. The Bertz CT molecular complexity index is 330. The number of hydrogen-bond donors (Lipinski definition) is 1. The number of carbonyl (C=O) groups excluding carboxylic acids is 2. The van der Waals surface area contributed by atoms with E-state index in [1.165, 1.54) is 4.90 Å². The second kappa shape index (κ2) is 4.97. The fourth-order valence-electron chi connectivity index (χ4n) is 3.16. The van der Waals surface area contributed by atoms with E-state index in [0.29, 0.717) is 25.3 Å². The number of fused-ring (bicyclic) bond motifs is 2. The van der Waals surface area contributed by atoms with E-state index < -0.39 is 0 Å². The van der Waals surface area contributed by atoms with Gasteiger partial charge in [-0.2, -0.15) is 0 Å². The zero-order chi connectivity index (χ0) is 12.5. The fraction of sp³-hybridized carbons (Fsp3) is 0.846. The Balaban J connectivity index is 1.58. The molecule has 0 aromatic rings. The van der Waals surface area contributed by atoms with Crippen molar-refractivity contribution >= 4 is 11.8 Å². The minimum absolute atomic E-state index is 0.109. The predicted molar refractivity (Wildman–Crippen MR) is 64.8 cm³/mol. The monoisotopic (exact) mass is 252 g/mol. The Kier molecular flexibility index (Phi) is 3.35. The van der Waals surface area contributed by atoms with E-state index in [4.69, 9.17) is 4.74 Å². The van der Waals surface area contributed by atoms with Crippen LogP contribution in [0.5, 0.6) is 0 Å². The molecular formula is C13H20N2O3. The van der Waals surface area contributed by atoms with Gasteiger partial charge in [-0.3, -0.25) is 14.5 Å². The van der Waals surface area contributed by atoms with Gasteiger partial charge in [-0.1, -0.05) is 0 Å². The van der Waals surface area contributed by atoms with Gasteiger partial charge in [-0.15, -0.1) is 0 Å². The Morgan fingerprint density at radius 2 is 1.67 bits per heavy atom. The molecule has 2 atom stereocenters. The van der Waals surface area contributed by atoms with Gasteiger partial charge >= 0.3 is 0 Å². The zero-order valence-electron chi connectivity index (χ0n) is 10.6. The third-order valence-corrected chi connectivity index (χ3v) is 4.32. The topological polar surface area (TPSA) is 58.6 Å². The summed E-state index contributed by atoms with van der Waals surface area (Å²) in [6.45, 7) is 2.69. The summed E-state index contributed by atoms with van der Waals surface area (Å²) < 4.78 is 5.39. The van der Waals surface area contributed by atoms with Gasteiger partial charge in [-0.25, -0.2) is 0 Å². The predicted octanol–water partition coefficient (Wildman–Crippen LogP) is 0.293. The smallest absolute Gasteiger partial charge is 0.258 e. The number of morpholine rings is 1. The van der Waals surface area contributed by atoms with E-state index in [9.17, 15) is 9.59 Å². The highest BCUT2D eigenvalue weighted by Gasteiger charge is 2.46. The molecule has 3 saturated heterocycles. The molecule has 3 heterocycles. The van der Waals surface area contributed by atoms with Crippen molar-refractivity contribution in [3.63, 3.8) is 0 Å². The lowest BCUT2D eigenvalue weighted by Gasteiger charge is -2.31. The molecule has 0 radical (unpaired) electrons. The summed E-state index contributed by atoms with van der Waals surface area (Å²) in [7, 11) is 0. The number of piperidine rings is 1. The number of rotatable bonds is 3. The molecule has 2 bridgehead atoms. The van der Waals surface area contributed by atoms with Crippen LogP contribution in [0.2, 0.25) is 0 Å². The molecule has 2 unspecified atom stereocenters. The number of imide groups is 1. The van der Waals surface area contributed by atoms with E-state index >= 15 is 0 Å². The summed E-state index contributed by atoms with van der Waals surface area (Å²) in [5.74, 6) is 0.428. The van der Waals surface area contributed by atoms with Crippen molar-refractivity contribution in [2.24, 2.45) is 5.92 Å². The second-order valence-corrected chi connectivity index (χ2v) is 5.50. The number of likely N-dealkylation sites (tertiary alicyclic amines) is 1. The molecule has 0 aromatic heterocycles. The molecule has 0 aromatic carbocycles. The van der Waals surface area contributed by atoms with Crippen LogP contribution in [-0.2, 0) is 14.3 Å². The molecule has 100 valence electrons. The fourth-order valence-corrected chi connectivity index (χ4v) is 3.16. The number of ether oxygens (including phenoxy) is 1. The van der Waals surface area contributed by atoms with E-state index in [1.807, 2.05) is 0 Å². The van der Waals surface area contributed by atoms with Crippen molar-refractivity contribution in [2.75, 3.05) is 19.6 Å². The maximum atomic E-state index is 12.0. The van der Waals surface area contributed by atoms with Crippen LogP contribution in [0.1, 0.15) is 32.1 Å². The van der Waals surface area contributed by atoms with Crippen LogP contribution in [0.15, 0.2) is 0 Å². The molecule has 3 aliphatic heterocycles. The standard InChI is InChI=1S/C13H20N2O3/c16-12-10-1-2-11(18-10)13(17)15(12)8-5-9-3-6-14-7-4-9/h9-11,14H,1-8H2. The first kappa shape index (κ1) is 12.1.